The van der Waals surface area contributed by atoms with Gasteiger partial charge in [0.05, 0.1) is 30.6 Å². The summed E-state index contributed by atoms with van der Waals surface area (Å²) in [4.78, 5) is 18.8. The molecule has 0 N–H and O–H groups in total. The number of sulfone groups is 1. The molecule has 0 unspecified atom stereocenters. The van der Waals surface area contributed by atoms with Crippen LogP contribution in [0.1, 0.15) is 36.7 Å². The lowest BCUT2D eigenvalue weighted by molar-refractivity contribution is -0.130. The number of rotatable bonds is 10. The fourth-order valence-corrected chi connectivity index (χ4v) is 5.23. The van der Waals surface area contributed by atoms with Crippen molar-refractivity contribution in [2.45, 2.75) is 43.8 Å². The zero-order chi connectivity index (χ0) is 24.0. The van der Waals surface area contributed by atoms with Crippen molar-refractivity contribution in [3.05, 3.63) is 96.1 Å². The van der Waals surface area contributed by atoms with Gasteiger partial charge in [0, 0.05) is 12.6 Å². The lowest BCUT2D eigenvalue weighted by Gasteiger charge is -2.23. The molecule has 0 fully saturated rings. The van der Waals surface area contributed by atoms with E-state index in [9.17, 15) is 17.6 Å². The second-order valence-corrected chi connectivity index (χ2v) is 9.99. The van der Waals surface area contributed by atoms with Crippen LogP contribution in [0.3, 0.4) is 0 Å². The number of carbonyl (C=O) groups excluding carboxylic acids is 1. The monoisotopic (exact) mass is 469 g/mol. The number of carbonyl (C=O) groups is 1. The number of amides is 1. The highest BCUT2D eigenvalue weighted by Gasteiger charge is 2.26. The zero-order valence-corrected chi connectivity index (χ0v) is 19.6. The first-order valence-corrected chi connectivity index (χ1v) is 12.3. The van der Waals surface area contributed by atoms with Gasteiger partial charge in [-0.3, -0.25) is 4.79 Å². The minimum Gasteiger partial charge on any atom is -0.333 e. The third-order valence-corrected chi connectivity index (χ3v) is 6.73. The van der Waals surface area contributed by atoms with Gasteiger partial charge in [-0.05, 0) is 37.1 Å². The molecule has 174 valence electrons. The molecule has 3 rings (SSSR count). The molecule has 0 atom stereocenters. The molecule has 0 radical (unpaired) electrons. The molecule has 6 nitrogen and oxygen atoms in total. The molecule has 0 saturated heterocycles. The summed E-state index contributed by atoms with van der Waals surface area (Å²) in [6, 6.07) is 14.6. The molecule has 3 aromatic rings. The zero-order valence-electron chi connectivity index (χ0n) is 18.8. The van der Waals surface area contributed by atoms with Crippen LogP contribution in [0.5, 0.6) is 0 Å². The van der Waals surface area contributed by atoms with Gasteiger partial charge < -0.3 is 9.47 Å². The second-order valence-electron chi connectivity index (χ2n) is 8.11. The van der Waals surface area contributed by atoms with E-state index in [2.05, 4.69) is 11.6 Å². The quantitative estimate of drug-likeness (QED) is 0.414. The third kappa shape index (κ3) is 6.16. The maximum Gasteiger partial charge on any atom is 0.228 e. The van der Waals surface area contributed by atoms with E-state index in [4.69, 9.17) is 0 Å². The van der Waals surface area contributed by atoms with Gasteiger partial charge in [-0.15, -0.1) is 6.58 Å². The Morgan fingerprint density at radius 1 is 1.12 bits per heavy atom. The average molecular weight is 470 g/mol. The molecule has 1 amide bonds. The number of imidazole rings is 1. The van der Waals surface area contributed by atoms with E-state index in [0.29, 0.717) is 17.8 Å². The van der Waals surface area contributed by atoms with Gasteiger partial charge in [0.2, 0.25) is 20.9 Å². The van der Waals surface area contributed by atoms with Gasteiger partial charge in [0.1, 0.15) is 5.82 Å². The van der Waals surface area contributed by atoms with E-state index in [-0.39, 0.29) is 35.8 Å². The first-order chi connectivity index (χ1) is 15.7. The highest BCUT2D eigenvalue weighted by atomic mass is 32.2. The summed E-state index contributed by atoms with van der Waals surface area (Å²) < 4.78 is 41.1. The number of hydrogen-bond acceptors (Lipinski definition) is 4. The van der Waals surface area contributed by atoms with Crippen molar-refractivity contribution in [2.24, 2.45) is 0 Å². The Morgan fingerprint density at radius 2 is 1.79 bits per heavy atom. The first kappa shape index (κ1) is 24.4. The number of hydrogen-bond donors (Lipinski definition) is 0. The van der Waals surface area contributed by atoms with Crippen LogP contribution in [-0.4, -0.2) is 35.3 Å². The minimum absolute atomic E-state index is 0.0640. The summed E-state index contributed by atoms with van der Waals surface area (Å²) in [5.41, 5.74) is 1.99. The van der Waals surface area contributed by atoms with Crippen LogP contribution in [0.4, 0.5) is 4.39 Å². The Balaban J connectivity index is 1.87. The Bertz CT molecular complexity index is 1200. The molecule has 1 heterocycles. The molecular formula is C25H28FN3O3S. The SMILES string of the molecule is C=CCN(Cc1cnc(S(=O)(=O)Cc2ccc(F)cc2)n1C(C)C)C(=O)Cc1ccccc1. The summed E-state index contributed by atoms with van der Waals surface area (Å²) in [5.74, 6) is -0.808. The number of nitrogens with zero attached hydrogens (tertiary/aromatic N) is 3. The van der Waals surface area contributed by atoms with E-state index in [1.54, 1.807) is 15.5 Å². The summed E-state index contributed by atoms with van der Waals surface area (Å²) in [5, 5.41) is -0.0640. The fourth-order valence-electron chi connectivity index (χ4n) is 3.63. The summed E-state index contributed by atoms with van der Waals surface area (Å²) in [6.45, 7) is 8.01. The van der Waals surface area contributed by atoms with Crippen molar-refractivity contribution in [3.8, 4) is 0 Å². The van der Waals surface area contributed by atoms with Crippen LogP contribution in [-0.2, 0) is 33.4 Å². The van der Waals surface area contributed by atoms with Crippen LogP contribution in [0.2, 0.25) is 0 Å². The number of halogens is 1. The van der Waals surface area contributed by atoms with Crippen LogP contribution < -0.4 is 0 Å². The molecule has 0 bridgehead atoms. The largest absolute Gasteiger partial charge is 0.333 e. The highest BCUT2D eigenvalue weighted by molar-refractivity contribution is 7.90. The molecule has 33 heavy (non-hydrogen) atoms. The summed E-state index contributed by atoms with van der Waals surface area (Å²) >= 11 is 0. The van der Waals surface area contributed by atoms with Crippen LogP contribution in [0, 0.1) is 5.82 Å². The Morgan fingerprint density at radius 3 is 2.39 bits per heavy atom. The molecular weight excluding hydrogens is 441 g/mol. The van der Waals surface area contributed by atoms with Crippen molar-refractivity contribution >= 4 is 15.7 Å². The number of benzene rings is 2. The van der Waals surface area contributed by atoms with Crippen molar-refractivity contribution < 1.29 is 17.6 Å². The Labute approximate surface area is 194 Å². The average Bonchev–Trinajstić information content (AvgIpc) is 3.21. The van der Waals surface area contributed by atoms with Crippen LogP contribution in [0.25, 0.3) is 0 Å². The van der Waals surface area contributed by atoms with Gasteiger partial charge in [0.25, 0.3) is 0 Å². The van der Waals surface area contributed by atoms with Crippen molar-refractivity contribution in [1.82, 2.24) is 14.5 Å². The van der Waals surface area contributed by atoms with Gasteiger partial charge in [-0.1, -0.05) is 48.5 Å². The molecule has 0 aliphatic heterocycles. The molecule has 0 saturated carbocycles. The van der Waals surface area contributed by atoms with Gasteiger partial charge in [0.15, 0.2) is 0 Å². The van der Waals surface area contributed by atoms with Gasteiger partial charge in [-0.2, -0.15) is 0 Å². The highest BCUT2D eigenvalue weighted by Crippen LogP contribution is 2.23. The topological polar surface area (TPSA) is 72.3 Å². The molecule has 1 aromatic heterocycles. The summed E-state index contributed by atoms with van der Waals surface area (Å²) in [7, 11) is -3.79. The van der Waals surface area contributed by atoms with Crippen molar-refractivity contribution in [3.63, 3.8) is 0 Å². The molecule has 2 aromatic carbocycles. The van der Waals surface area contributed by atoms with Crippen LogP contribution >= 0.6 is 0 Å². The third-order valence-electron chi connectivity index (χ3n) is 5.16. The van der Waals surface area contributed by atoms with Gasteiger partial charge in [-0.25, -0.2) is 17.8 Å². The van der Waals surface area contributed by atoms with Gasteiger partial charge >= 0.3 is 0 Å². The molecule has 0 aliphatic rings. The second kappa shape index (κ2) is 10.6. The van der Waals surface area contributed by atoms with E-state index in [0.717, 1.165) is 5.56 Å². The lowest BCUT2D eigenvalue weighted by Crippen LogP contribution is -2.33. The van der Waals surface area contributed by atoms with Crippen LogP contribution in [0.15, 0.2) is 78.6 Å². The van der Waals surface area contributed by atoms with E-state index < -0.39 is 15.7 Å². The number of aromatic nitrogens is 2. The standard InChI is InChI=1S/C25H28FN3O3S/c1-4-14-28(24(30)15-20-8-6-5-7-9-20)17-23-16-27-25(29(23)19(2)3)33(31,32)18-21-10-12-22(26)13-11-21/h4-13,16,19H,1,14-15,17-18H2,2-3H3. The van der Waals surface area contributed by atoms with Crippen molar-refractivity contribution in [2.75, 3.05) is 6.54 Å². The fraction of sp³-hybridized carbons (Fsp3) is 0.280. The maximum absolute atomic E-state index is 13.2. The van der Waals surface area contributed by atoms with E-state index in [1.165, 1.54) is 30.5 Å². The molecule has 0 aliphatic carbocycles. The Hall–Kier alpha value is -3.26. The van der Waals surface area contributed by atoms with Crippen molar-refractivity contribution in [1.29, 1.82) is 0 Å². The predicted molar refractivity (Wildman–Crippen MR) is 126 cm³/mol. The lowest BCUT2D eigenvalue weighted by atomic mass is 10.1. The Kier molecular flexibility index (Phi) is 7.81. The van der Waals surface area contributed by atoms with E-state index >= 15 is 0 Å². The minimum atomic E-state index is -3.79. The summed E-state index contributed by atoms with van der Waals surface area (Å²) in [6.07, 6.45) is 3.38. The maximum atomic E-state index is 13.2. The molecule has 0 spiro atoms. The smallest absolute Gasteiger partial charge is 0.228 e. The van der Waals surface area contributed by atoms with E-state index in [1.807, 2.05) is 44.2 Å². The first-order valence-electron chi connectivity index (χ1n) is 10.7. The predicted octanol–water partition coefficient (Wildman–Crippen LogP) is 4.33. The molecule has 8 heteroatoms. The normalized spacial score (nSPS) is 11.5.